The molecule has 0 rings (SSSR count). The van der Waals surface area contributed by atoms with Crippen molar-refractivity contribution in [3.05, 3.63) is 0 Å². The highest BCUT2D eigenvalue weighted by molar-refractivity contribution is 8.09. The molecule has 0 aliphatic rings. The number of hydrogen-bond donors (Lipinski definition) is 1. The molecule has 8 heteroatoms. The standard InChI is InChI=1S/C7H15ClF2NO2PS/c1-4-12-14(15,11-6(2)3)13-7(9,10)5-8/h6H,4-5H2,1-3H3,(H,11,15). The first-order valence-corrected chi connectivity index (χ1v) is 7.59. The fraction of sp³-hybridized carbons (Fsp3) is 1.00. The molecule has 0 saturated carbocycles. The zero-order chi connectivity index (χ0) is 12.1. The van der Waals surface area contributed by atoms with Gasteiger partial charge in [-0.1, -0.05) is 0 Å². The lowest BCUT2D eigenvalue weighted by molar-refractivity contribution is -0.157. The first kappa shape index (κ1) is 15.7. The van der Waals surface area contributed by atoms with Gasteiger partial charge >= 0.3 is 6.11 Å². The Morgan fingerprint density at radius 2 is 2.07 bits per heavy atom. The summed E-state index contributed by atoms with van der Waals surface area (Å²) in [5.74, 6) is -0.946. The molecule has 0 aromatic carbocycles. The fourth-order valence-electron chi connectivity index (χ4n) is 0.776. The molecule has 0 aromatic rings. The van der Waals surface area contributed by atoms with Crippen molar-refractivity contribution < 1.29 is 17.8 Å². The number of alkyl halides is 3. The van der Waals surface area contributed by atoms with E-state index in [-0.39, 0.29) is 12.6 Å². The predicted octanol–water partition coefficient (Wildman–Crippen LogP) is 3.09. The van der Waals surface area contributed by atoms with Gasteiger partial charge in [0.2, 0.25) is 0 Å². The molecule has 0 fully saturated rings. The van der Waals surface area contributed by atoms with E-state index in [1.165, 1.54) is 0 Å². The third kappa shape index (κ3) is 6.76. The van der Waals surface area contributed by atoms with Crippen LogP contribution in [0.4, 0.5) is 8.78 Å². The largest absolute Gasteiger partial charge is 0.375 e. The number of halogens is 3. The summed E-state index contributed by atoms with van der Waals surface area (Å²) >= 11 is 9.96. The van der Waals surface area contributed by atoms with Crippen LogP contribution in [-0.2, 0) is 20.9 Å². The fourth-order valence-corrected chi connectivity index (χ4v) is 3.75. The predicted molar refractivity (Wildman–Crippen MR) is 60.9 cm³/mol. The Balaban J connectivity index is 4.58. The van der Waals surface area contributed by atoms with Gasteiger partial charge in [0.1, 0.15) is 5.88 Å². The second-order valence-electron chi connectivity index (χ2n) is 3.06. The van der Waals surface area contributed by atoms with Crippen LogP contribution in [0.1, 0.15) is 20.8 Å². The molecule has 1 unspecified atom stereocenters. The van der Waals surface area contributed by atoms with Crippen LogP contribution in [0.2, 0.25) is 0 Å². The van der Waals surface area contributed by atoms with Crippen LogP contribution < -0.4 is 5.09 Å². The maximum atomic E-state index is 12.9. The second kappa shape index (κ2) is 6.42. The van der Waals surface area contributed by atoms with Crippen LogP contribution in [0, 0.1) is 0 Å². The van der Waals surface area contributed by atoms with Gasteiger partial charge in [-0.25, -0.2) is 5.09 Å². The Labute approximate surface area is 98.7 Å². The van der Waals surface area contributed by atoms with Crippen LogP contribution >= 0.6 is 18.2 Å². The lowest BCUT2D eigenvalue weighted by atomic mass is 10.4. The average Bonchev–Trinajstić information content (AvgIpc) is 2.01. The highest BCUT2D eigenvalue weighted by Gasteiger charge is 2.37. The molecule has 15 heavy (non-hydrogen) atoms. The third-order valence-electron chi connectivity index (χ3n) is 1.12. The Hall–Kier alpha value is 0.680. The van der Waals surface area contributed by atoms with Crippen molar-refractivity contribution in [1.29, 1.82) is 0 Å². The summed E-state index contributed by atoms with van der Waals surface area (Å²) in [6.45, 7) is 2.23. The van der Waals surface area contributed by atoms with E-state index in [1.807, 2.05) is 0 Å². The maximum absolute atomic E-state index is 12.9. The SMILES string of the molecule is CCOP(=S)(NC(C)C)OC(F)(F)CCl. The van der Waals surface area contributed by atoms with Gasteiger partial charge in [0.25, 0.3) is 6.64 Å². The molecule has 0 amide bonds. The molecule has 1 N–H and O–H groups in total. The summed E-state index contributed by atoms with van der Waals surface area (Å²) in [6.07, 6.45) is -3.46. The van der Waals surface area contributed by atoms with E-state index >= 15 is 0 Å². The van der Waals surface area contributed by atoms with Gasteiger partial charge in [-0.2, -0.15) is 8.78 Å². The van der Waals surface area contributed by atoms with Crippen LogP contribution in [0.5, 0.6) is 0 Å². The normalized spacial score (nSPS) is 16.7. The molecule has 0 saturated heterocycles. The zero-order valence-electron chi connectivity index (χ0n) is 8.80. The average molecular weight is 282 g/mol. The van der Waals surface area contributed by atoms with Gasteiger partial charge < -0.3 is 4.52 Å². The van der Waals surface area contributed by atoms with E-state index in [0.29, 0.717) is 0 Å². The van der Waals surface area contributed by atoms with Crippen molar-refractivity contribution in [1.82, 2.24) is 5.09 Å². The molecule has 0 spiro atoms. The van der Waals surface area contributed by atoms with E-state index in [0.717, 1.165) is 0 Å². The van der Waals surface area contributed by atoms with Crippen molar-refractivity contribution >= 4 is 30.1 Å². The van der Waals surface area contributed by atoms with E-state index < -0.39 is 18.6 Å². The van der Waals surface area contributed by atoms with Crippen molar-refractivity contribution in [2.45, 2.75) is 32.9 Å². The number of nitrogens with one attached hydrogen (secondary N) is 1. The molecule has 0 bridgehead atoms. The van der Waals surface area contributed by atoms with Crippen molar-refractivity contribution in [2.75, 3.05) is 12.5 Å². The van der Waals surface area contributed by atoms with Gasteiger partial charge in [-0.05, 0) is 32.6 Å². The lowest BCUT2D eigenvalue weighted by Crippen LogP contribution is -2.29. The van der Waals surface area contributed by atoms with Crippen LogP contribution in [0.25, 0.3) is 0 Å². The summed E-state index contributed by atoms with van der Waals surface area (Å²) in [5, 5.41) is 2.69. The summed E-state index contributed by atoms with van der Waals surface area (Å²) < 4.78 is 35.3. The molecule has 92 valence electrons. The molecule has 1 atom stereocenters. The van der Waals surface area contributed by atoms with Gasteiger partial charge in [-0.15, -0.1) is 11.6 Å². The van der Waals surface area contributed by atoms with E-state index in [1.54, 1.807) is 20.8 Å². The minimum Gasteiger partial charge on any atom is -0.318 e. The highest BCUT2D eigenvalue weighted by Crippen LogP contribution is 2.49. The maximum Gasteiger partial charge on any atom is 0.375 e. The Morgan fingerprint density at radius 1 is 1.53 bits per heavy atom. The number of rotatable bonds is 7. The molecule has 0 heterocycles. The van der Waals surface area contributed by atoms with E-state index in [4.69, 9.17) is 27.9 Å². The molecule has 0 aliphatic heterocycles. The zero-order valence-corrected chi connectivity index (χ0v) is 11.3. The minimum atomic E-state index is -3.46. The van der Waals surface area contributed by atoms with Crippen molar-refractivity contribution in [3.63, 3.8) is 0 Å². The second-order valence-corrected chi connectivity index (χ2v) is 6.46. The van der Waals surface area contributed by atoms with Crippen LogP contribution in [0.15, 0.2) is 0 Å². The summed E-state index contributed by atoms with van der Waals surface area (Å²) in [7, 11) is 0. The number of hydrogen-bond acceptors (Lipinski definition) is 3. The third-order valence-corrected chi connectivity index (χ3v) is 4.23. The van der Waals surface area contributed by atoms with E-state index in [2.05, 4.69) is 9.61 Å². The molecule has 3 nitrogen and oxygen atoms in total. The minimum absolute atomic E-state index is 0.103. The van der Waals surface area contributed by atoms with Crippen LogP contribution in [0.3, 0.4) is 0 Å². The molecule has 0 radical (unpaired) electrons. The topological polar surface area (TPSA) is 30.5 Å². The highest BCUT2D eigenvalue weighted by atomic mass is 35.5. The summed E-state index contributed by atoms with van der Waals surface area (Å²) in [6, 6.07) is -0.103. The summed E-state index contributed by atoms with van der Waals surface area (Å²) in [4.78, 5) is 0. The first-order chi connectivity index (χ1) is 6.74. The lowest BCUT2D eigenvalue weighted by Gasteiger charge is -2.27. The van der Waals surface area contributed by atoms with Gasteiger partial charge in [0.05, 0.1) is 6.61 Å². The molecule has 0 aromatic heterocycles. The van der Waals surface area contributed by atoms with Gasteiger partial charge in [0, 0.05) is 6.04 Å². The van der Waals surface area contributed by atoms with Crippen LogP contribution in [-0.4, -0.2) is 24.6 Å². The van der Waals surface area contributed by atoms with Crippen molar-refractivity contribution in [3.8, 4) is 0 Å². The first-order valence-electron chi connectivity index (χ1n) is 4.41. The Bertz CT molecular complexity index is 243. The quantitative estimate of drug-likeness (QED) is 0.574. The monoisotopic (exact) mass is 281 g/mol. The summed E-state index contributed by atoms with van der Waals surface area (Å²) in [5.41, 5.74) is 0. The van der Waals surface area contributed by atoms with E-state index in [9.17, 15) is 8.78 Å². The van der Waals surface area contributed by atoms with Gasteiger partial charge in [-0.3, -0.25) is 4.52 Å². The smallest absolute Gasteiger partial charge is 0.318 e. The molecule has 0 aliphatic carbocycles. The Morgan fingerprint density at radius 3 is 2.40 bits per heavy atom. The van der Waals surface area contributed by atoms with Gasteiger partial charge in [0.15, 0.2) is 0 Å². The van der Waals surface area contributed by atoms with Crippen molar-refractivity contribution in [2.24, 2.45) is 0 Å². The molecular formula is C7H15ClF2NO2PS. The molecular weight excluding hydrogens is 267 g/mol. The Kier molecular flexibility index (Phi) is 6.72.